The molecule has 0 saturated carbocycles. The molecule has 5 nitrogen and oxygen atoms in total. The number of nitrogens with one attached hydrogen (secondary N) is 1. The van der Waals surface area contributed by atoms with Gasteiger partial charge in [-0.2, -0.15) is 0 Å². The highest BCUT2D eigenvalue weighted by atomic mass is 16.5. The van der Waals surface area contributed by atoms with Crippen LogP contribution in [0.5, 0.6) is 0 Å². The maximum absolute atomic E-state index is 8.55. The third-order valence-electron chi connectivity index (χ3n) is 2.23. The van der Waals surface area contributed by atoms with Crippen molar-refractivity contribution in [3.63, 3.8) is 0 Å². The molecule has 0 fully saturated rings. The highest BCUT2D eigenvalue weighted by Crippen LogP contribution is 1.93. The second-order valence-corrected chi connectivity index (χ2v) is 3.49. The smallest absolute Gasteiger partial charge is 0.0931 e. The molecule has 92 valence electrons. The van der Waals surface area contributed by atoms with Crippen LogP contribution in [0, 0.1) is 0 Å². The first-order chi connectivity index (χ1) is 7.35. The molecule has 0 atom stereocenters. The van der Waals surface area contributed by atoms with Gasteiger partial charge in [-0.15, -0.1) is 0 Å². The Bertz CT molecular complexity index is 117. The first-order valence-electron chi connectivity index (χ1n) is 5.58. The number of methoxy groups -OCH3 is 1. The number of hydrogen-bond acceptors (Lipinski definition) is 5. The topological polar surface area (TPSA) is 70.8 Å². The highest BCUT2D eigenvalue weighted by molar-refractivity contribution is 4.59. The van der Waals surface area contributed by atoms with Crippen LogP contribution in [0.25, 0.3) is 0 Å². The van der Waals surface area contributed by atoms with Crippen molar-refractivity contribution in [2.75, 3.05) is 53.2 Å². The summed E-state index contributed by atoms with van der Waals surface area (Å²) in [5, 5.41) is 11.4. The Kier molecular flexibility index (Phi) is 11.7. The van der Waals surface area contributed by atoms with Gasteiger partial charge in [0, 0.05) is 13.7 Å². The van der Waals surface area contributed by atoms with Gasteiger partial charge in [-0.25, -0.2) is 0 Å². The quantitative estimate of drug-likeness (QED) is 0.314. The van der Waals surface area contributed by atoms with E-state index in [1.807, 2.05) is 0 Å². The molecule has 0 radical (unpaired) electrons. The summed E-state index contributed by atoms with van der Waals surface area (Å²) in [6.45, 7) is 5.41. The fourth-order valence-corrected chi connectivity index (χ4v) is 1.38. The van der Waals surface area contributed by atoms with Crippen LogP contribution in [-0.2, 0) is 4.74 Å². The van der Waals surface area contributed by atoms with Gasteiger partial charge in [0.25, 0.3) is 0 Å². The summed E-state index contributed by atoms with van der Waals surface area (Å²) < 4.78 is 5.05. The molecule has 5 heteroatoms. The Morgan fingerprint density at radius 1 is 1.27 bits per heavy atom. The number of hydrogen-bond donors (Lipinski definition) is 3. The van der Waals surface area contributed by atoms with Crippen LogP contribution in [0.15, 0.2) is 0 Å². The van der Waals surface area contributed by atoms with Crippen LogP contribution in [0.4, 0.5) is 0 Å². The fourth-order valence-electron chi connectivity index (χ4n) is 1.38. The summed E-state index contributed by atoms with van der Waals surface area (Å²) in [6.07, 6.45) is 2.06. The van der Waals surface area contributed by atoms with Crippen LogP contribution in [-0.4, -0.2) is 63.2 Å². The predicted octanol–water partition coefficient (Wildman–Crippen LogP) is -0.787. The molecule has 0 amide bonds. The fraction of sp³-hybridized carbons (Fsp3) is 1.00. The van der Waals surface area contributed by atoms with E-state index in [9.17, 15) is 0 Å². The summed E-state index contributed by atoms with van der Waals surface area (Å²) in [4.78, 5) is 2.34. The van der Waals surface area contributed by atoms with E-state index in [4.69, 9.17) is 15.6 Å². The molecule has 0 spiro atoms. The van der Waals surface area contributed by atoms with Crippen LogP contribution in [0.1, 0.15) is 12.8 Å². The highest BCUT2D eigenvalue weighted by Gasteiger charge is 2.03. The zero-order valence-electron chi connectivity index (χ0n) is 9.74. The molecule has 0 aromatic rings. The normalized spacial score (nSPS) is 11.2. The largest absolute Gasteiger partial charge is 0.383 e. The van der Waals surface area contributed by atoms with E-state index >= 15 is 0 Å². The molecule has 0 aliphatic carbocycles. The molecule has 0 heterocycles. The van der Waals surface area contributed by atoms with E-state index in [2.05, 4.69) is 10.2 Å². The average molecular weight is 219 g/mol. The van der Waals surface area contributed by atoms with Crippen molar-refractivity contribution in [2.45, 2.75) is 12.8 Å². The summed E-state index contributed by atoms with van der Waals surface area (Å²) in [5.41, 5.74) is 5.48. The van der Waals surface area contributed by atoms with Gasteiger partial charge in [-0.05, 0) is 39.0 Å². The van der Waals surface area contributed by atoms with Gasteiger partial charge in [0.2, 0.25) is 0 Å². The molecule has 0 unspecified atom stereocenters. The summed E-state index contributed by atoms with van der Waals surface area (Å²) >= 11 is 0. The van der Waals surface area contributed by atoms with E-state index in [1.54, 1.807) is 7.11 Å². The third kappa shape index (κ3) is 10.1. The number of aliphatic hydroxyl groups excluding tert-OH is 1. The molecule has 0 rings (SSSR count). The van der Waals surface area contributed by atoms with Crippen LogP contribution in [0.3, 0.4) is 0 Å². The number of nitrogens with zero attached hydrogens (tertiary/aromatic N) is 1. The standard InChI is InChI=1S/C10H25N3O2/c1-15-9-8-13(6-2-4-11)7-3-5-12-10-14/h12,14H,2-11H2,1H3. The van der Waals surface area contributed by atoms with Crippen molar-refractivity contribution in [2.24, 2.45) is 5.73 Å². The average Bonchev–Trinajstić information content (AvgIpc) is 2.27. The molecule has 15 heavy (non-hydrogen) atoms. The lowest BCUT2D eigenvalue weighted by Gasteiger charge is -2.21. The van der Waals surface area contributed by atoms with Crippen LogP contribution >= 0.6 is 0 Å². The monoisotopic (exact) mass is 219 g/mol. The van der Waals surface area contributed by atoms with E-state index in [-0.39, 0.29) is 6.73 Å². The van der Waals surface area contributed by atoms with Gasteiger partial charge < -0.3 is 20.5 Å². The molecule has 0 aromatic carbocycles. The summed E-state index contributed by atoms with van der Waals surface area (Å²) in [6, 6.07) is 0. The van der Waals surface area contributed by atoms with E-state index in [0.29, 0.717) is 0 Å². The molecule has 0 aliphatic rings. The maximum Gasteiger partial charge on any atom is 0.0931 e. The minimum atomic E-state index is 0.0564. The molecule has 0 bridgehead atoms. The van der Waals surface area contributed by atoms with Crippen molar-refractivity contribution in [1.29, 1.82) is 0 Å². The molecular formula is C10H25N3O2. The second-order valence-electron chi connectivity index (χ2n) is 3.49. The Hall–Kier alpha value is -0.200. The molecule has 0 aromatic heterocycles. The molecule has 0 saturated heterocycles. The Morgan fingerprint density at radius 2 is 2.00 bits per heavy atom. The van der Waals surface area contributed by atoms with E-state index < -0.39 is 0 Å². The lowest BCUT2D eigenvalue weighted by atomic mass is 10.3. The number of aliphatic hydroxyl groups is 1. The second kappa shape index (κ2) is 11.9. The molecular weight excluding hydrogens is 194 g/mol. The van der Waals surface area contributed by atoms with E-state index in [1.165, 1.54) is 0 Å². The zero-order valence-corrected chi connectivity index (χ0v) is 9.74. The summed E-state index contributed by atoms with van der Waals surface area (Å²) in [7, 11) is 1.72. The lowest BCUT2D eigenvalue weighted by Crippen LogP contribution is -2.32. The van der Waals surface area contributed by atoms with Crippen molar-refractivity contribution >= 4 is 0 Å². The first-order valence-corrected chi connectivity index (χ1v) is 5.58. The Labute approximate surface area is 92.6 Å². The molecule has 4 N–H and O–H groups in total. The van der Waals surface area contributed by atoms with Gasteiger partial charge in [-0.3, -0.25) is 5.32 Å². The number of nitrogens with two attached hydrogens (primary N) is 1. The van der Waals surface area contributed by atoms with Crippen molar-refractivity contribution in [3.05, 3.63) is 0 Å². The zero-order chi connectivity index (χ0) is 11.4. The van der Waals surface area contributed by atoms with Gasteiger partial charge in [-0.1, -0.05) is 0 Å². The first kappa shape index (κ1) is 14.8. The van der Waals surface area contributed by atoms with Gasteiger partial charge >= 0.3 is 0 Å². The number of ether oxygens (including phenoxy) is 1. The minimum absolute atomic E-state index is 0.0564. The third-order valence-corrected chi connectivity index (χ3v) is 2.23. The Morgan fingerprint density at radius 3 is 2.60 bits per heavy atom. The summed E-state index contributed by atoms with van der Waals surface area (Å²) in [5.74, 6) is 0. The SMILES string of the molecule is COCCN(CCCN)CCCNCO. The van der Waals surface area contributed by atoms with Crippen molar-refractivity contribution in [3.8, 4) is 0 Å². The van der Waals surface area contributed by atoms with E-state index in [0.717, 1.165) is 52.2 Å². The predicted molar refractivity (Wildman–Crippen MR) is 61.7 cm³/mol. The maximum atomic E-state index is 8.55. The molecule has 0 aliphatic heterocycles. The van der Waals surface area contributed by atoms with Gasteiger partial charge in [0.05, 0.1) is 13.3 Å². The van der Waals surface area contributed by atoms with Crippen molar-refractivity contribution in [1.82, 2.24) is 10.2 Å². The van der Waals surface area contributed by atoms with Crippen LogP contribution < -0.4 is 11.1 Å². The lowest BCUT2D eigenvalue weighted by molar-refractivity contribution is 0.145. The van der Waals surface area contributed by atoms with Crippen LogP contribution in [0.2, 0.25) is 0 Å². The van der Waals surface area contributed by atoms with Gasteiger partial charge in [0.15, 0.2) is 0 Å². The van der Waals surface area contributed by atoms with Gasteiger partial charge in [0.1, 0.15) is 0 Å². The minimum Gasteiger partial charge on any atom is -0.383 e. The van der Waals surface area contributed by atoms with Crippen molar-refractivity contribution < 1.29 is 9.84 Å². The Balaban J connectivity index is 3.49. The number of rotatable bonds is 11.